The van der Waals surface area contributed by atoms with E-state index in [0.29, 0.717) is 24.9 Å². The quantitative estimate of drug-likeness (QED) is 0.860. The van der Waals surface area contributed by atoms with Crippen molar-refractivity contribution in [1.82, 2.24) is 5.32 Å². The Morgan fingerprint density at radius 1 is 1.32 bits per heavy atom. The maximum Gasteiger partial charge on any atom is 0.123 e. The number of nitrogens with one attached hydrogen (secondary N) is 1. The molecule has 2 rings (SSSR count). The van der Waals surface area contributed by atoms with Crippen LogP contribution in [0.1, 0.15) is 44.9 Å². The van der Waals surface area contributed by atoms with Crippen LogP contribution in [0.25, 0.3) is 0 Å². The fourth-order valence-corrected chi connectivity index (χ4v) is 2.58. The Bertz CT molecular complexity index is 367. The Hall–Kier alpha value is -0.840. The molecular weight excluding hydrogens is 242 g/mol. The van der Waals surface area contributed by atoms with Gasteiger partial charge in [-0.3, -0.25) is 0 Å². The van der Waals surface area contributed by atoms with Gasteiger partial charge < -0.3 is 19.2 Å². The van der Waals surface area contributed by atoms with Crippen LogP contribution in [0.15, 0.2) is 16.7 Å². The molecule has 2 heterocycles. The standard InChI is InChI=1S/C15H25NO3/c1-4-16-9-15-13(5-6-17-15)10-18-14-7-11(2)19-12(3)8-14/h5-6,11-12,14,16H,4,7-10H2,1-3H3. The van der Waals surface area contributed by atoms with Crippen LogP contribution in [-0.4, -0.2) is 24.9 Å². The van der Waals surface area contributed by atoms with Crippen LogP contribution < -0.4 is 5.32 Å². The third-order valence-corrected chi connectivity index (χ3v) is 3.50. The van der Waals surface area contributed by atoms with Crippen molar-refractivity contribution < 1.29 is 13.9 Å². The van der Waals surface area contributed by atoms with Crippen molar-refractivity contribution in [2.24, 2.45) is 0 Å². The van der Waals surface area contributed by atoms with Crippen LogP contribution in [0.5, 0.6) is 0 Å². The molecule has 2 atom stereocenters. The highest BCUT2D eigenvalue weighted by atomic mass is 16.5. The Morgan fingerprint density at radius 3 is 2.74 bits per heavy atom. The second kappa shape index (κ2) is 7.08. The number of ether oxygens (including phenoxy) is 2. The van der Waals surface area contributed by atoms with Gasteiger partial charge in [0, 0.05) is 5.56 Å². The van der Waals surface area contributed by atoms with Crippen molar-refractivity contribution in [3.63, 3.8) is 0 Å². The molecule has 1 saturated heterocycles. The molecule has 0 saturated carbocycles. The van der Waals surface area contributed by atoms with E-state index in [9.17, 15) is 0 Å². The molecule has 1 aromatic rings. The lowest BCUT2D eigenvalue weighted by Gasteiger charge is -2.31. The van der Waals surface area contributed by atoms with Gasteiger partial charge in [0.1, 0.15) is 5.76 Å². The van der Waals surface area contributed by atoms with Crippen LogP contribution >= 0.6 is 0 Å². The van der Waals surface area contributed by atoms with Gasteiger partial charge in [0.2, 0.25) is 0 Å². The van der Waals surface area contributed by atoms with E-state index in [-0.39, 0.29) is 0 Å². The summed E-state index contributed by atoms with van der Waals surface area (Å²) in [6, 6.07) is 2.00. The lowest BCUT2D eigenvalue weighted by Crippen LogP contribution is -2.34. The van der Waals surface area contributed by atoms with Crippen molar-refractivity contribution >= 4 is 0 Å². The van der Waals surface area contributed by atoms with Crippen molar-refractivity contribution in [1.29, 1.82) is 0 Å². The first-order valence-electron chi connectivity index (χ1n) is 7.22. The Kier molecular flexibility index (Phi) is 5.43. The van der Waals surface area contributed by atoms with Gasteiger partial charge in [-0.05, 0) is 39.3 Å². The zero-order chi connectivity index (χ0) is 13.7. The van der Waals surface area contributed by atoms with E-state index >= 15 is 0 Å². The number of hydrogen-bond donors (Lipinski definition) is 1. The minimum absolute atomic E-state index is 0.291. The van der Waals surface area contributed by atoms with Crippen molar-refractivity contribution in [2.45, 2.75) is 65.1 Å². The Morgan fingerprint density at radius 2 is 2.05 bits per heavy atom. The maximum atomic E-state index is 6.02. The van der Waals surface area contributed by atoms with Gasteiger partial charge in [-0.2, -0.15) is 0 Å². The third kappa shape index (κ3) is 4.34. The predicted molar refractivity (Wildman–Crippen MR) is 73.9 cm³/mol. The molecule has 2 unspecified atom stereocenters. The summed E-state index contributed by atoms with van der Waals surface area (Å²) in [6.45, 7) is 8.64. The SMILES string of the molecule is CCNCc1occc1COC1CC(C)OC(C)C1. The minimum atomic E-state index is 0.291. The van der Waals surface area contributed by atoms with E-state index < -0.39 is 0 Å². The summed E-state index contributed by atoms with van der Waals surface area (Å²) in [7, 11) is 0. The Labute approximate surface area is 115 Å². The van der Waals surface area contributed by atoms with Crippen LogP contribution in [-0.2, 0) is 22.6 Å². The number of furan rings is 1. The molecule has 0 aliphatic carbocycles. The number of rotatable bonds is 6. The molecule has 4 heteroatoms. The van der Waals surface area contributed by atoms with Gasteiger partial charge in [0.05, 0.1) is 37.7 Å². The molecule has 1 fully saturated rings. The summed E-state index contributed by atoms with van der Waals surface area (Å²) in [5, 5.41) is 3.27. The zero-order valence-electron chi connectivity index (χ0n) is 12.1. The van der Waals surface area contributed by atoms with Gasteiger partial charge in [0.15, 0.2) is 0 Å². The lowest BCUT2D eigenvalue weighted by molar-refractivity contribution is -0.106. The summed E-state index contributed by atoms with van der Waals surface area (Å²) in [5.74, 6) is 0.981. The molecule has 0 spiro atoms. The zero-order valence-corrected chi connectivity index (χ0v) is 12.1. The molecule has 0 bridgehead atoms. The third-order valence-electron chi connectivity index (χ3n) is 3.50. The summed E-state index contributed by atoms with van der Waals surface area (Å²) >= 11 is 0. The van der Waals surface area contributed by atoms with Gasteiger partial charge in [-0.25, -0.2) is 0 Å². The topological polar surface area (TPSA) is 43.6 Å². The fourth-order valence-electron chi connectivity index (χ4n) is 2.58. The second-order valence-electron chi connectivity index (χ2n) is 5.31. The molecule has 1 aliphatic heterocycles. The molecule has 1 aromatic heterocycles. The highest BCUT2D eigenvalue weighted by Crippen LogP contribution is 2.23. The largest absolute Gasteiger partial charge is 0.468 e. The Balaban J connectivity index is 1.83. The highest BCUT2D eigenvalue weighted by molar-refractivity contribution is 5.15. The van der Waals surface area contributed by atoms with E-state index in [1.807, 2.05) is 6.07 Å². The van der Waals surface area contributed by atoms with Crippen LogP contribution in [0.4, 0.5) is 0 Å². The minimum Gasteiger partial charge on any atom is -0.468 e. The average Bonchev–Trinajstić information content (AvgIpc) is 2.80. The van der Waals surface area contributed by atoms with Gasteiger partial charge in [-0.15, -0.1) is 0 Å². The van der Waals surface area contributed by atoms with Crippen molar-refractivity contribution in [3.8, 4) is 0 Å². The van der Waals surface area contributed by atoms with Gasteiger partial charge in [0.25, 0.3) is 0 Å². The fraction of sp³-hybridized carbons (Fsp3) is 0.733. The first-order chi connectivity index (χ1) is 9.19. The van der Waals surface area contributed by atoms with Crippen LogP contribution in [0, 0.1) is 0 Å². The molecule has 4 nitrogen and oxygen atoms in total. The predicted octanol–water partition coefficient (Wildman–Crippen LogP) is 2.86. The average molecular weight is 267 g/mol. The lowest BCUT2D eigenvalue weighted by atomic mass is 10.0. The molecule has 0 radical (unpaired) electrons. The first-order valence-corrected chi connectivity index (χ1v) is 7.22. The molecule has 19 heavy (non-hydrogen) atoms. The summed E-state index contributed by atoms with van der Waals surface area (Å²) in [4.78, 5) is 0. The summed E-state index contributed by atoms with van der Waals surface area (Å²) < 4.78 is 17.2. The second-order valence-corrected chi connectivity index (χ2v) is 5.31. The first kappa shape index (κ1) is 14.6. The molecule has 108 valence electrons. The van der Waals surface area contributed by atoms with E-state index in [1.165, 1.54) is 0 Å². The molecule has 0 amide bonds. The van der Waals surface area contributed by atoms with E-state index in [1.54, 1.807) is 6.26 Å². The molecule has 1 N–H and O–H groups in total. The molecule has 0 aromatic carbocycles. The maximum absolute atomic E-state index is 6.02. The molecule has 1 aliphatic rings. The van der Waals surface area contributed by atoms with Gasteiger partial charge >= 0.3 is 0 Å². The summed E-state index contributed by atoms with van der Waals surface area (Å²) in [5.41, 5.74) is 1.15. The van der Waals surface area contributed by atoms with E-state index in [2.05, 4.69) is 26.1 Å². The van der Waals surface area contributed by atoms with Crippen molar-refractivity contribution in [2.75, 3.05) is 6.54 Å². The van der Waals surface area contributed by atoms with E-state index in [0.717, 1.165) is 37.3 Å². The number of hydrogen-bond acceptors (Lipinski definition) is 4. The normalized spacial score (nSPS) is 27.6. The molecular formula is C15H25NO3. The van der Waals surface area contributed by atoms with E-state index in [4.69, 9.17) is 13.9 Å². The highest BCUT2D eigenvalue weighted by Gasteiger charge is 2.25. The summed E-state index contributed by atoms with van der Waals surface area (Å²) in [6.07, 6.45) is 4.56. The smallest absolute Gasteiger partial charge is 0.123 e. The van der Waals surface area contributed by atoms with Crippen LogP contribution in [0.3, 0.4) is 0 Å². The van der Waals surface area contributed by atoms with Crippen LogP contribution in [0.2, 0.25) is 0 Å². The van der Waals surface area contributed by atoms with Crippen molar-refractivity contribution in [3.05, 3.63) is 23.7 Å². The monoisotopic (exact) mass is 267 g/mol. The van der Waals surface area contributed by atoms with Gasteiger partial charge in [-0.1, -0.05) is 6.92 Å².